The van der Waals surface area contributed by atoms with E-state index in [1.54, 1.807) is 37.3 Å². The Balaban J connectivity index is 2.37. The lowest BCUT2D eigenvalue weighted by Gasteiger charge is -1.99. The van der Waals surface area contributed by atoms with E-state index < -0.39 is 11.7 Å². The van der Waals surface area contributed by atoms with E-state index in [2.05, 4.69) is 0 Å². The van der Waals surface area contributed by atoms with Crippen LogP contribution in [0.1, 0.15) is 17.4 Å². The van der Waals surface area contributed by atoms with E-state index in [4.69, 9.17) is 11.0 Å². The average Bonchev–Trinajstić information content (AvgIpc) is 2.86. The third kappa shape index (κ3) is 2.92. The first kappa shape index (κ1) is 14.0. The summed E-state index contributed by atoms with van der Waals surface area (Å²) in [5.74, 6) is -0.919. The number of benzene rings is 1. The van der Waals surface area contributed by atoms with Crippen molar-refractivity contribution in [2.45, 2.75) is 6.92 Å². The second-order valence-electron chi connectivity index (χ2n) is 4.20. The van der Waals surface area contributed by atoms with Gasteiger partial charge in [0.1, 0.15) is 5.82 Å². The molecule has 1 aromatic heterocycles. The zero-order valence-corrected chi connectivity index (χ0v) is 11.5. The molecule has 1 heterocycles. The fourth-order valence-electron chi connectivity index (χ4n) is 1.64. The van der Waals surface area contributed by atoms with Gasteiger partial charge in [-0.1, -0.05) is 0 Å². The molecule has 0 aliphatic rings. The second kappa shape index (κ2) is 5.68. The zero-order valence-electron chi connectivity index (χ0n) is 10.7. The normalized spacial score (nSPS) is 11.2. The summed E-state index contributed by atoms with van der Waals surface area (Å²) >= 11 is 1.35. The smallest absolute Gasteiger partial charge is 0.244 e. The van der Waals surface area contributed by atoms with E-state index in [-0.39, 0.29) is 5.56 Å². The summed E-state index contributed by atoms with van der Waals surface area (Å²) in [4.78, 5) is 12.5. The molecule has 1 amide bonds. The molecule has 0 bridgehead atoms. The summed E-state index contributed by atoms with van der Waals surface area (Å²) in [6, 6.07) is 9.82. The van der Waals surface area contributed by atoms with E-state index in [1.807, 2.05) is 6.07 Å². The van der Waals surface area contributed by atoms with Gasteiger partial charge in [-0.3, -0.25) is 4.79 Å². The first-order valence-electron chi connectivity index (χ1n) is 5.79. The highest BCUT2D eigenvalue weighted by Crippen LogP contribution is 2.31. The van der Waals surface area contributed by atoms with Gasteiger partial charge in [-0.2, -0.15) is 5.26 Å². The molecule has 2 aromatic rings. The van der Waals surface area contributed by atoms with Crippen molar-refractivity contribution in [1.82, 2.24) is 0 Å². The van der Waals surface area contributed by atoms with Gasteiger partial charge in [-0.05, 0) is 43.3 Å². The maximum atomic E-state index is 13.9. The Bertz CT molecular complexity index is 741. The molecule has 0 fully saturated rings. The van der Waals surface area contributed by atoms with E-state index in [9.17, 15) is 9.18 Å². The highest BCUT2D eigenvalue weighted by Gasteiger charge is 2.09. The Morgan fingerprint density at radius 1 is 1.40 bits per heavy atom. The van der Waals surface area contributed by atoms with Crippen molar-refractivity contribution in [1.29, 1.82) is 5.26 Å². The van der Waals surface area contributed by atoms with Crippen LogP contribution < -0.4 is 5.73 Å². The Morgan fingerprint density at radius 3 is 2.75 bits per heavy atom. The number of halogens is 1. The number of hydrogen-bond donors (Lipinski definition) is 1. The molecule has 0 spiro atoms. The van der Waals surface area contributed by atoms with Gasteiger partial charge in [0.05, 0.1) is 11.6 Å². The maximum Gasteiger partial charge on any atom is 0.244 e. The highest BCUT2D eigenvalue weighted by atomic mass is 32.1. The molecular weight excluding hydrogens is 275 g/mol. The summed E-state index contributed by atoms with van der Waals surface area (Å²) in [6.45, 7) is 1.63. The molecular formula is C15H11FN2OS. The van der Waals surface area contributed by atoms with Crippen molar-refractivity contribution in [2.24, 2.45) is 5.73 Å². The molecule has 0 atom stereocenters. The molecule has 5 heteroatoms. The number of thiophene rings is 1. The summed E-state index contributed by atoms with van der Waals surface area (Å²) < 4.78 is 13.9. The van der Waals surface area contributed by atoms with Crippen LogP contribution in [0.4, 0.5) is 4.39 Å². The number of rotatable bonds is 3. The van der Waals surface area contributed by atoms with Gasteiger partial charge >= 0.3 is 0 Å². The second-order valence-corrected chi connectivity index (χ2v) is 5.32. The predicted octanol–water partition coefficient (Wildman–Crippen LogP) is 3.31. The summed E-state index contributed by atoms with van der Waals surface area (Å²) in [5, 5.41) is 8.71. The summed E-state index contributed by atoms with van der Waals surface area (Å²) in [5.41, 5.74) is 6.33. The van der Waals surface area contributed by atoms with Crippen molar-refractivity contribution in [2.75, 3.05) is 0 Å². The van der Waals surface area contributed by atoms with Crippen molar-refractivity contribution >= 4 is 23.3 Å². The van der Waals surface area contributed by atoms with E-state index in [0.29, 0.717) is 11.1 Å². The van der Waals surface area contributed by atoms with Crippen molar-refractivity contribution in [3.8, 4) is 16.5 Å². The summed E-state index contributed by atoms with van der Waals surface area (Å²) in [7, 11) is 0. The molecule has 0 saturated heterocycles. The first-order valence-corrected chi connectivity index (χ1v) is 6.61. The van der Waals surface area contributed by atoms with Crippen molar-refractivity contribution in [3.63, 3.8) is 0 Å². The lowest BCUT2D eigenvalue weighted by Crippen LogP contribution is -2.11. The molecule has 0 aliphatic heterocycles. The Labute approximate surface area is 119 Å². The number of carbonyl (C=O) groups is 1. The average molecular weight is 286 g/mol. The van der Waals surface area contributed by atoms with Crippen molar-refractivity contribution in [3.05, 3.63) is 52.2 Å². The monoisotopic (exact) mass is 286 g/mol. The molecule has 0 unspecified atom stereocenters. The van der Waals surface area contributed by atoms with Crippen molar-refractivity contribution < 1.29 is 9.18 Å². The molecule has 100 valence electrons. The van der Waals surface area contributed by atoms with Crippen LogP contribution in [0.2, 0.25) is 0 Å². The minimum Gasteiger partial charge on any atom is -0.366 e. The van der Waals surface area contributed by atoms with E-state index in [0.717, 1.165) is 9.75 Å². The number of nitrogens with zero attached hydrogens (tertiary/aromatic N) is 1. The van der Waals surface area contributed by atoms with Gasteiger partial charge in [0, 0.05) is 20.9 Å². The van der Waals surface area contributed by atoms with E-state index >= 15 is 0 Å². The molecule has 2 N–H and O–H groups in total. The van der Waals surface area contributed by atoms with Crippen LogP contribution in [0.25, 0.3) is 16.5 Å². The largest absolute Gasteiger partial charge is 0.366 e. The maximum absolute atomic E-state index is 13.9. The minimum atomic E-state index is -0.482. The zero-order chi connectivity index (χ0) is 14.7. The first-order chi connectivity index (χ1) is 9.51. The molecule has 0 saturated carbocycles. The lowest BCUT2D eigenvalue weighted by molar-refractivity contribution is -0.114. The topological polar surface area (TPSA) is 66.9 Å². The SMILES string of the molecule is C/C(=C\c1ccc(-c2ccc(C#N)cc2F)s1)C(N)=O. The van der Waals surface area contributed by atoms with Crippen LogP contribution in [0.15, 0.2) is 35.9 Å². The van der Waals surface area contributed by atoms with Gasteiger partial charge in [0.2, 0.25) is 5.91 Å². The van der Waals surface area contributed by atoms with Crippen LogP contribution >= 0.6 is 11.3 Å². The van der Waals surface area contributed by atoms with E-state index in [1.165, 1.54) is 17.4 Å². The Kier molecular flexibility index (Phi) is 3.97. The Morgan fingerprint density at radius 2 is 2.15 bits per heavy atom. The third-order valence-electron chi connectivity index (χ3n) is 2.74. The van der Waals surface area contributed by atoms with Gasteiger partial charge in [0.15, 0.2) is 0 Å². The number of carbonyl (C=O) groups excluding carboxylic acids is 1. The predicted molar refractivity (Wildman–Crippen MR) is 77.3 cm³/mol. The fraction of sp³-hybridized carbons (Fsp3) is 0.0667. The standard InChI is InChI=1S/C15H11FN2OS/c1-9(15(18)19)6-11-3-5-14(20-11)12-4-2-10(8-17)7-13(12)16/h2-7H,1H3,(H2,18,19)/b9-6+. The van der Waals surface area contributed by atoms with Crippen LogP contribution in [0, 0.1) is 17.1 Å². The fourth-order valence-corrected chi connectivity index (χ4v) is 2.68. The quantitative estimate of drug-likeness (QED) is 0.879. The number of primary amides is 1. The van der Waals surface area contributed by atoms with Crippen LogP contribution in [0.3, 0.4) is 0 Å². The molecule has 1 aromatic carbocycles. The van der Waals surface area contributed by atoms with Crippen LogP contribution in [-0.4, -0.2) is 5.91 Å². The molecule has 2 rings (SSSR count). The number of nitriles is 1. The van der Waals surface area contributed by atoms with Gasteiger partial charge in [-0.15, -0.1) is 11.3 Å². The van der Waals surface area contributed by atoms with Gasteiger partial charge in [-0.25, -0.2) is 4.39 Å². The molecule has 0 radical (unpaired) electrons. The molecule has 0 aliphatic carbocycles. The highest BCUT2D eigenvalue weighted by molar-refractivity contribution is 7.16. The Hall–Kier alpha value is -2.45. The number of amides is 1. The lowest BCUT2D eigenvalue weighted by atomic mass is 10.1. The molecule has 20 heavy (non-hydrogen) atoms. The van der Waals surface area contributed by atoms with Crippen LogP contribution in [-0.2, 0) is 4.79 Å². The van der Waals surface area contributed by atoms with Gasteiger partial charge < -0.3 is 5.73 Å². The number of nitrogens with two attached hydrogens (primary N) is 1. The molecule has 3 nitrogen and oxygen atoms in total. The third-order valence-corrected chi connectivity index (χ3v) is 3.80. The van der Waals surface area contributed by atoms with Gasteiger partial charge in [0.25, 0.3) is 0 Å². The van der Waals surface area contributed by atoms with Crippen LogP contribution in [0.5, 0.6) is 0 Å². The number of hydrogen-bond acceptors (Lipinski definition) is 3. The minimum absolute atomic E-state index is 0.285. The summed E-state index contributed by atoms with van der Waals surface area (Å²) in [6.07, 6.45) is 1.66.